The first-order valence-electron chi connectivity index (χ1n) is 11.4. The van der Waals surface area contributed by atoms with Crippen molar-refractivity contribution in [2.45, 2.75) is 77.4 Å². The van der Waals surface area contributed by atoms with E-state index in [9.17, 15) is 10.2 Å². The Morgan fingerprint density at radius 1 is 1.07 bits per heavy atom. The largest absolute Gasteiger partial charge is 0.393 e. The molecule has 0 aromatic carbocycles. The van der Waals surface area contributed by atoms with Gasteiger partial charge in [-0.05, 0) is 86.0 Å². The molecule has 0 bridgehead atoms. The molecule has 4 aliphatic rings. The molecule has 5 rings (SSSR count). The third-order valence-corrected chi connectivity index (χ3v) is 9.58. The molecule has 4 fully saturated rings. The standard InChI is InChI=1S/C24H36N2O2/c1-23-8-6-18(27)12-17(23)4-5-19-20(23)7-9-24(2)21(19)11-16(22(24)28)10-15-13-25-26(3)14-15/h10,13-14,17-22,27-28H,4-9,11-12H2,1-3H3/b16-10-/t17-,18-,19+,20-,21-,22-,23-,24-/m0/s1. The van der Waals surface area contributed by atoms with Crippen molar-refractivity contribution in [2.75, 3.05) is 0 Å². The van der Waals surface area contributed by atoms with Gasteiger partial charge in [0.05, 0.1) is 18.4 Å². The van der Waals surface area contributed by atoms with Crippen molar-refractivity contribution in [1.29, 1.82) is 0 Å². The fraction of sp³-hybridized carbons (Fsp3) is 0.792. The molecule has 28 heavy (non-hydrogen) atoms. The number of hydrogen-bond acceptors (Lipinski definition) is 3. The summed E-state index contributed by atoms with van der Waals surface area (Å²) in [7, 11) is 1.94. The average Bonchev–Trinajstić information content (AvgIpc) is 3.18. The van der Waals surface area contributed by atoms with Crippen LogP contribution in [0.2, 0.25) is 0 Å². The van der Waals surface area contributed by atoms with E-state index in [1.807, 2.05) is 24.1 Å². The van der Waals surface area contributed by atoms with Crippen LogP contribution in [0.15, 0.2) is 18.0 Å². The molecule has 0 spiro atoms. The summed E-state index contributed by atoms with van der Waals surface area (Å²) in [4.78, 5) is 0. The van der Waals surface area contributed by atoms with Gasteiger partial charge in [0.25, 0.3) is 0 Å². The normalized spacial score (nSPS) is 49.5. The van der Waals surface area contributed by atoms with E-state index in [0.29, 0.717) is 17.3 Å². The van der Waals surface area contributed by atoms with Gasteiger partial charge in [-0.1, -0.05) is 19.9 Å². The summed E-state index contributed by atoms with van der Waals surface area (Å²) in [5, 5.41) is 25.8. The molecular weight excluding hydrogens is 348 g/mol. The Labute approximate surface area is 169 Å². The molecule has 8 atom stereocenters. The Hall–Kier alpha value is -1.13. The van der Waals surface area contributed by atoms with Gasteiger partial charge < -0.3 is 10.2 Å². The summed E-state index contributed by atoms with van der Waals surface area (Å²) in [6.07, 6.45) is 14.9. The van der Waals surface area contributed by atoms with Crippen molar-refractivity contribution >= 4 is 6.08 Å². The van der Waals surface area contributed by atoms with E-state index in [4.69, 9.17) is 0 Å². The molecule has 154 valence electrons. The Morgan fingerprint density at radius 2 is 1.86 bits per heavy atom. The van der Waals surface area contributed by atoms with E-state index in [2.05, 4.69) is 25.0 Å². The molecule has 2 N–H and O–H groups in total. The van der Waals surface area contributed by atoms with Crippen LogP contribution in [0.4, 0.5) is 0 Å². The van der Waals surface area contributed by atoms with E-state index in [1.165, 1.54) is 31.3 Å². The number of rotatable bonds is 1. The smallest absolute Gasteiger partial charge is 0.0809 e. The molecule has 4 aliphatic carbocycles. The van der Waals surface area contributed by atoms with Gasteiger partial charge in [0.1, 0.15) is 0 Å². The van der Waals surface area contributed by atoms with Crippen LogP contribution < -0.4 is 0 Å². The van der Waals surface area contributed by atoms with Crippen LogP contribution in [0.5, 0.6) is 0 Å². The molecule has 0 amide bonds. The van der Waals surface area contributed by atoms with Crippen LogP contribution in [-0.2, 0) is 7.05 Å². The number of nitrogens with zero attached hydrogens (tertiary/aromatic N) is 2. The molecule has 4 heteroatoms. The van der Waals surface area contributed by atoms with E-state index < -0.39 is 0 Å². The first-order chi connectivity index (χ1) is 13.3. The summed E-state index contributed by atoms with van der Waals surface area (Å²) < 4.78 is 1.83. The van der Waals surface area contributed by atoms with Crippen LogP contribution >= 0.6 is 0 Å². The van der Waals surface area contributed by atoms with Gasteiger partial charge in [-0.2, -0.15) is 5.10 Å². The van der Waals surface area contributed by atoms with Gasteiger partial charge in [0.15, 0.2) is 0 Å². The molecule has 4 nitrogen and oxygen atoms in total. The highest BCUT2D eigenvalue weighted by Crippen LogP contribution is 2.67. The van der Waals surface area contributed by atoms with Gasteiger partial charge in [-0.25, -0.2) is 0 Å². The van der Waals surface area contributed by atoms with Crippen molar-refractivity contribution in [3.05, 3.63) is 23.5 Å². The van der Waals surface area contributed by atoms with Gasteiger partial charge in [-0.15, -0.1) is 0 Å². The van der Waals surface area contributed by atoms with Crippen LogP contribution in [0.1, 0.15) is 70.8 Å². The van der Waals surface area contributed by atoms with E-state index in [-0.39, 0.29) is 17.6 Å². The predicted molar refractivity (Wildman–Crippen MR) is 110 cm³/mol. The van der Waals surface area contributed by atoms with Crippen molar-refractivity contribution < 1.29 is 10.2 Å². The molecular formula is C24H36N2O2. The monoisotopic (exact) mass is 384 g/mol. The summed E-state index contributed by atoms with van der Waals surface area (Å²) >= 11 is 0. The molecule has 0 saturated heterocycles. The summed E-state index contributed by atoms with van der Waals surface area (Å²) in [5.74, 6) is 2.78. The Bertz CT molecular complexity index is 785. The fourth-order valence-electron chi connectivity index (χ4n) is 7.96. The minimum Gasteiger partial charge on any atom is -0.393 e. The highest BCUT2D eigenvalue weighted by Gasteiger charge is 2.61. The highest BCUT2D eigenvalue weighted by atomic mass is 16.3. The van der Waals surface area contributed by atoms with Crippen molar-refractivity contribution in [1.82, 2.24) is 9.78 Å². The molecule has 0 radical (unpaired) electrons. The average molecular weight is 385 g/mol. The lowest BCUT2D eigenvalue weighted by molar-refractivity contribution is -0.133. The SMILES string of the molecule is Cn1cc(/C=C2/C[C@H]3[C@@H]4CC[C@H]5C[C@@H](O)CC[C@]5(C)[C@H]4CC[C@]3(C)[C@H]2O)cn1. The summed E-state index contributed by atoms with van der Waals surface area (Å²) in [6, 6.07) is 0. The van der Waals surface area contributed by atoms with Crippen LogP contribution in [0, 0.1) is 34.5 Å². The second kappa shape index (κ2) is 6.43. The number of aryl methyl sites for hydroxylation is 1. The Morgan fingerprint density at radius 3 is 2.61 bits per heavy atom. The lowest BCUT2D eigenvalue weighted by Gasteiger charge is -2.60. The third kappa shape index (κ3) is 2.67. The Balaban J connectivity index is 1.44. The van der Waals surface area contributed by atoms with Gasteiger partial charge in [0.2, 0.25) is 0 Å². The maximum absolute atomic E-state index is 11.3. The van der Waals surface area contributed by atoms with Crippen LogP contribution in [0.25, 0.3) is 6.08 Å². The van der Waals surface area contributed by atoms with E-state index >= 15 is 0 Å². The molecule has 1 heterocycles. The number of aromatic nitrogens is 2. The lowest BCUT2D eigenvalue weighted by Crippen LogP contribution is -2.54. The first kappa shape index (κ1) is 18.9. The second-order valence-corrected chi connectivity index (χ2v) is 10.9. The zero-order chi connectivity index (χ0) is 19.7. The molecule has 0 aliphatic heterocycles. The topological polar surface area (TPSA) is 58.3 Å². The number of aliphatic hydroxyl groups is 2. The van der Waals surface area contributed by atoms with Gasteiger partial charge in [0, 0.05) is 24.2 Å². The maximum atomic E-state index is 11.3. The minimum absolute atomic E-state index is 0.0204. The number of aliphatic hydroxyl groups excluding tert-OH is 2. The fourth-order valence-corrected chi connectivity index (χ4v) is 7.96. The minimum atomic E-state index is -0.322. The summed E-state index contributed by atoms with van der Waals surface area (Å²) in [5.41, 5.74) is 2.73. The maximum Gasteiger partial charge on any atom is 0.0809 e. The van der Waals surface area contributed by atoms with E-state index in [0.717, 1.165) is 43.1 Å². The molecule has 4 saturated carbocycles. The van der Waals surface area contributed by atoms with Crippen molar-refractivity contribution in [3.8, 4) is 0 Å². The quantitative estimate of drug-likeness (QED) is 0.764. The predicted octanol–water partition coefficient (Wildman–Crippen LogP) is 4.18. The van der Waals surface area contributed by atoms with Crippen LogP contribution in [0.3, 0.4) is 0 Å². The lowest BCUT2D eigenvalue weighted by atomic mass is 9.45. The highest BCUT2D eigenvalue weighted by molar-refractivity contribution is 5.54. The van der Waals surface area contributed by atoms with Crippen molar-refractivity contribution in [3.63, 3.8) is 0 Å². The molecule has 1 aromatic heterocycles. The molecule has 0 unspecified atom stereocenters. The zero-order valence-electron chi connectivity index (χ0n) is 17.6. The third-order valence-electron chi connectivity index (χ3n) is 9.58. The number of hydrogen-bond donors (Lipinski definition) is 2. The van der Waals surface area contributed by atoms with E-state index in [1.54, 1.807) is 0 Å². The second-order valence-electron chi connectivity index (χ2n) is 10.9. The van der Waals surface area contributed by atoms with Crippen LogP contribution in [-0.4, -0.2) is 32.2 Å². The molecule has 1 aromatic rings. The Kier molecular flexibility index (Phi) is 4.34. The van der Waals surface area contributed by atoms with Crippen molar-refractivity contribution in [2.24, 2.45) is 41.5 Å². The number of fused-ring (bicyclic) bond motifs is 5. The first-order valence-corrected chi connectivity index (χ1v) is 11.4. The zero-order valence-corrected chi connectivity index (χ0v) is 17.6. The summed E-state index contributed by atoms with van der Waals surface area (Å²) in [6.45, 7) is 4.88. The van der Waals surface area contributed by atoms with Gasteiger partial charge >= 0.3 is 0 Å². The van der Waals surface area contributed by atoms with Gasteiger partial charge in [-0.3, -0.25) is 4.68 Å².